The number of benzene rings is 1. The molecule has 0 saturated carbocycles. The van der Waals surface area contributed by atoms with E-state index in [1.165, 1.54) is 12.1 Å². The van der Waals surface area contributed by atoms with Gasteiger partial charge in [-0.25, -0.2) is 0 Å². The fourth-order valence-corrected chi connectivity index (χ4v) is 1.57. The fraction of sp³-hybridized carbons (Fsp3) is 0. The summed E-state index contributed by atoms with van der Waals surface area (Å²) in [6.45, 7) is 0. The van der Waals surface area contributed by atoms with Crippen LogP contribution in [0.3, 0.4) is 0 Å². The highest BCUT2D eigenvalue weighted by molar-refractivity contribution is 7.93. The highest BCUT2D eigenvalue weighted by Gasteiger charge is 2.14. The van der Waals surface area contributed by atoms with Gasteiger partial charge in [0.1, 0.15) is 4.33 Å². The Morgan fingerprint density at radius 2 is 2.08 bits per heavy atom. The SMILES string of the molecule is O=C(Cl)c1ccccc1S[N+](=O)[O-]. The van der Waals surface area contributed by atoms with Crippen LogP contribution in [0.25, 0.3) is 0 Å². The van der Waals surface area contributed by atoms with Crippen LogP contribution in [0.15, 0.2) is 29.2 Å². The zero-order valence-corrected chi connectivity index (χ0v) is 7.84. The maximum Gasteiger partial charge on any atom is 0.266 e. The molecule has 0 saturated heterocycles. The number of rotatable bonds is 3. The maximum absolute atomic E-state index is 10.8. The van der Waals surface area contributed by atoms with Crippen LogP contribution in [-0.4, -0.2) is 9.57 Å². The molecule has 0 radical (unpaired) electrons. The van der Waals surface area contributed by atoms with Crippen molar-refractivity contribution in [1.29, 1.82) is 0 Å². The molecule has 0 spiro atoms. The minimum absolute atomic E-state index is 0.158. The Labute approximate surface area is 83.2 Å². The van der Waals surface area contributed by atoms with E-state index in [9.17, 15) is 14.9 Å². The van der Waals surface area contributed by atoms with Crippen molar-refractivity contribution in [3.05, 3.63) is 39.9 Å². The summed E-state index contributed by atoms with van der Waals surface area (Å²) in [6, 6.07) is 6.12. The molecule has 13 heavy (non-hydrogen) atoms. The number of nitro groups is 1. The van der Waals surface area contributed by atoms with Crippen LogP contribution in [0, 0.1) is 10.1 Å². The van der Waals surface area contributed by atoms with Crippen LogP contribution in [0.4, 0.5) is 0 Å². The molecule has 0 atom stereocenters. The van der Waals surface area contributed by atoms with Gasteiger partial charge in [-0.15, -0.1) is 0 Å². The van der Waals surface area contributed by atoms with Gasteiger partial charge in [-0.05, 0) is 23.7 Å². The Bertz CT molecular complexity index is 355. The van der Waals surface area contributed by atoms with E-state index in [2.05, 4.69) is 0 Å². The highest BCUT2D eigenvalue weighted by Crippen LogP contribution is 2.23. The molecule has 0 aliphatic heterocycles. The second-order valence-electron chi connectivity index (χ2n) is 2.08. The summed E-state index contributed by atoms with van der Waals surface area (Å²) in [5.74, 6) is 0. The van der Waals surface area contributed by atoms with E-state index in [4.69, 9.17) is 11.6 Å². The smallest absolute Gasteiger partial charge is 0.266 e. The summed E-state index contributed by atoms with van der Waals surface area (Å²) in [7, 11) is 0. The monoisotopic (exact) mass is 217 g/mol. The van der Waals surface area contributed by atoms with Crippen molar-refractivity contribution < 1.29 is 9.12 Å². The molecule has 0 aromatic heterocycles. The van der Waals surface area contributed by atoms with E-state index >= 15 is 0 Å². The molecular weight excluding hydrogens is 214 g/mol. The first kappa shape index (κ1) is 10.0. The van der Waals surface area contributed by atoms with Crippen LogP contribution >= 0.6 is 23.5 Å². The molecule has 1 aromatic carbocycles. The molecule has 0 bridgehead atoms. The Hall–Kier alpha value is -1.07. The number of nitrogens with zero attached hydrogens (tertiary/aromatic N) is 1. The lowest BCUT2D eigenvalue weighted by atomic mass is 10.2. The number of carbonyl (C=O) groups is 1. The lowest BCUT2D eigenvalue weighted by Crippen LogP contribution is -1.93. The molecule has 1 aromatic rings. The van der Waals surface area contributed by atoms with Crippen molar-refractivity contribution in [3.8, 4) is 0 Å². The first-order chi connectivity index (χ1) is 6.11. The van der Waals surface area contributed by atoms with E-state index < -0.39 is 9.57 Å². The van der Waals surface area contributed by atoms with Gasteiger partial charge < -0.3 is 0 Å². The van der Waals surface area contributed by atoms with E-state index in [0.29, 0.717) is 11.9 Å². The van der Waals surface area contributed by atoms with Crippen molar-refractivity contribution in [2.75, 3.05) is 0 Å². The third-order valence-electron chi connectivity index (χ3n) is 1.27. The zero-order valence-electron chi connectivity index (χ0n) is 6.27. The molecule has 0 N–H and O–H groups in total. The van der Waals surface area contributed by atoms with Crippen LogP contribution < -0.4 is 0 Å². The molecule has 0 amide bonds. The summed E-state index contributed by atoms with van der Waals surface area (Å²) < 4.78 is -0.585. The molecule has 0 heterocycles. The van der Waals surface area contributed by atoms with Crippen LogP contribution in [0.1, 0.15) is 10.4 Å². The largest absolute Gasteiger partial charge is 0.276 e. The quantitative estimate of drug-likeness (QED) is 0.338. The average Bonchev–Trinajstić information content (AvgIpc) is 2.03. The Morgan fingerprint density at radius 3 is 2.62 bits per heavy atom. The Morgan fingerprint density at radius 1 is 1.46 bits per heavy atom. The molecule has 0 aliphatic rings. The summed E-state index contributed by atoms with van der Waals surface area (Å²) in [4.78, 5) is 21.2. The van der Waals surface area contributed by atoms with Gasteiger partial charge >= 0.3 is 0 Å². The summed E-state index contributed by atoms with van der Waals surface area (Å²) in [5, 5.41) is 9.47. The summed E-state index contributed by atoms with van der Waals surface area (Å²) in [6.07, 6.45) is 0. The Kier molecular flexibility index (Phi) is 3.27. The normalized spacial score (nSPS) is 9.62. The number of carbonyl (C=O) groups excluding carboxylic acids is 1. The standard InChI is InChI=1S/C7H4ClNO3S/c8-7(10)5-3-1-2-4-6(5)13-9(11)12/h1-4H. The second-order valence-corrected chi connectivity index (χ2v) is 3.35. The fourth-order valence-electron chi connectivity index (χ4n) is 0.789. The van der Waals surface area contributed by atoms with Gasteiger partial charge in [0.25, 0.3) is 17.2 Å². The van der Waals surface area contributed by atoms with Gasteiger partial charge in [-0.1, -0.05) is 12.1 Å². The lowest BCUT2D eigenvalue weighted by Gasteiger charge is -1.96. The molecule has 68 valence electrons. The predicted octanol–water partition coefficient (Wildman–Crippen LogP) is 2.35. The summed E-state index contributed by atoms with van der Waals surface area (Å²) in [5.41, 5.74) is 0.158. The third kappa shape index (κ3) is 2.71. The van der Waals surface area contributed by atoms with Crippen molar-refractivity contribution in [2.24, 2.45) is 0 Å². The van der Waals surface area contributed by atoms with E-state index in [1.54, 1.807) is 12.1 Å². The Balaban J connectivity index is 3.04. The van der Waals surface area contributed by atoms with Crippen molar-refractivity contribution in [2.45, 2.75) is 4.90 Å². The van der Waals surface area contributed by atoms with Gasteiger partial charge in [0.05, 0.1) is 10.5 Å². The van der Waals surface area contributed by atoms with Crippen LogP contribution in [-0.2, 0) is 0 Å². The molecule has 0 fully saturated rings. The van der Waals surface area contributed by atoms with E-state index in [1.807, 2.05) is 0 Å². The summed E-state index contributed by atoms with van der Waals surface area (Å²) >= 11 is 5.59. The molecular formula is C7H4ClNO3S. The van der Waals surface area contributed by atoms with Crippen molar-refractivity contribution in [1.82, 2.24) is 0 Å². The van der Waals surface area contributed by atoms with Crippen molar-refractivity contribution >= 4 is 28.8 Å². The van der Waals surface area contributed by atoms with Gasteiger partial charge in [-0.2, -0.15) is 0 Å². The highest BCUT2D eigenvalue weighted by atomic mass is 35.5. The molecule has 1 rings (SSSR count). The first-order valence-corrected chi connectivity index (χ1v) is 4.37. The third-order valence-corrected chi connectivity index (χ3v) is 2.18. The minimum atomic E-state index is -0.690. The second kappa shape index (κ2) is 4.25. The van der Waals surface area contributed by atoms with Gasteiger partial charge in [0, 0.05) is 0 Å². The molecule has 0 aliphatic carbocycles. The lowest BCUT2D eigenvalue weighted by molar-refractivity contribution is -0.284. The number of hydrogen-bond acceptors (Lipinski definition) is 4. The number of hydrogen-bond donors (Lipinski definition) is 0. The predicted molar refractivity (Wildman–Crippen MR) is 49.5 cm³/mol. The molecule has 6 heteroatoms. The van der Waals surface area contributed by atoms with E-state index in [0.717, 1.165) is 0 Å². The van der Waals surface area contributed by atoms with Gasteiger partial charge in [-0.3, -0.25) is 14.9 Å². The molecule has 4 nitrogen and oxygen atoms in total. The number of halogens is 1. The van der Waals surface area contributed by atoms with Gasteiger partial charge in [0.15, 0.2) is 0 Å². The van der Waals surface area contributed by atoms with Crippen LogP contribution in [0.2, 0.25) is 0 Å². The molecule has 0 unspecified atom stereocenters. The first-order valence-electron chi connectivity index (χ1n) is 3.22. The average molecular weight is 218 g/mol. The minimum Gasteiger partial charge on any atom is -0.276 e. The van der Waals surface area contributed by atoms with Crippen LogP contribution in [0.5, 0.6) is 0 Å². The zero-order chi connectivity index (χ0) is 9.84. The topological polar surface area (TPSA) is 60.2 Å². The maximum atomic E-state index is 10.8. The van der Waals surface area contributed by atoms with E-state index in [-0.39, 0.29) is 10.5 Å². The van der Waals surface area contributed by atoms with Gasteiger partial charge in [0.2, 0.25) is 0 Å². The van der Waals surface area contributed by atoms with Crippen molar-refractivity contribution in [3.63, 3.8) is 0 Å².